The summed E-state index contributed by atoms with van der Waals surface area (Å²) >= 11 is 0. The lowest BCUT2D eigenvalue weighted by Gasteiger charge is -2.43. The van der Waals surface area contributed by atoms with E-state index in [4.69, 9.17) is 5.73 Å². The number of alkyl halides is 4. The van der Waals surface area contributed by atoms with Gasteiger partial charge >= 0.3 is 0 Å². The van der Waals surface area contributed by atoms with Crippen molar-refractivity contribution in [1.29, 1.82) is 0 Å². The predicted molar refractivity (Wildman–Crippen MR) is 116 cm³/mol. The third-order valence-corrected chi connectivity index (χ3v) is 6.94. The molecular formula is C23H23F4N5O2. The number of carbonyl (C=O) groups excluding carboxylic acids is 1. The van der Waals surface area contributed by atoms with Gasteiger partial charge in [-0.15, -0.1) is 0 Å². The molecule has 0 atom stereocenters. The van der Waals surface area contributed by atoms with E-state index in [9.17, 15) is 27.2 Å². The minimum Gasteiger partial charge on any atom is -0.364 e. The highest BCUT2D eigenvalue weighted by Crippen LogP contribution is 2.53. The summed E-state index contributed by atoms with van der Waals surface area (Å²) in [5.41, 5.74) is 5.34. The number of hydrogen-bond acceptors (Lipinski definition) is 4. The van der Waals surface area contributed by atoms with Crippen LogP contribution in [0.1, 0.15) is 67.7 Å². The molecule has 0 aromatic carbocycles. The van der Waals surface area contributed by atoms with Crippen LogP contribution in [0.25, 0.3) is 22.3 Å². The molecule has 2 aliphatic carbocycles. The Morgan fingerprint density at radius 2 is 1.82 bits per heavy atom. The highest BCUT2D eigenvalue weighted by atomic mass is 19.3. The molecule has 2 saturated carbocycles. The van der Waals surface area contributed by atoms with E-state index in [2.05, 4.69) is 15.1 Å². The number of primary amides is 1. The Labute approximate surface area is 191 Å². The summed E-state index contributed by atoms with van der Waals surface area (Å²) in [6, 6.07) is 4.06. The van der Waals surface area contributed by atoms with Crippen molar-refractivity contribution in [2.24, 2.45) is 5.73 Å². The largest absolute Gasteiger partial charge is 0.364 e. The number of nitrogens with zero attached hydrogens (tertiary/aromatic N) is 3. The molecule has 180 valence electrons. The molecule has 0 aliphatic heterocycles. The Morgan fingerprint density at radius 1 is 1.15 bits per heavy atom. The monoisotopic (exact) mass is 477 g/mol. The summed E-state index contributed by atoms with van der Waals surface area (Å²) in [5, 5.41) is 4.64. The molecule has 0 saturated heterocycles. The molecule has 0 spiro atoms. The van der Waals surface area contributed by atoms with E-state index in [1.807, 2.05) is 0 Å². The molecule has 34 heavy (non-hydrogen) atoms. The number of rotatable bonds is 4. The van der Waals surface area contributed by atoms with Crippen LogP contribution in [-0.4, -0.2) is 37.5 Å². The molecule has 2 fully saturated rings. The van der Waals surface area contributed by atoms with Gasteiger partial charge in [0, 0.05) is 43.4 Å². The van der Waals surface area contributed by atoms with Crippen molar-refractivity contribution in [3.05, 3.63) is 46.0 Å². The number of halogens is 4. The standard InChI is InChI=1S/C23H23F4N5O2/c1-21(10-23(26,27)11-21)17-9-15(32(31-17)12-2-5-22(24,25)6-3-12)14-8-16(33)18-13(30-14)4-7-29-19(18)20(28)34/h4,7-9,12H,2-3,5-6,10-11H2,1H3,(H2,28,34)(H,30,33). The Hall–Kier alpha value is -3.24. The molecule has 3 aromatic rings. The lowest BCUT2D eigenvalue weighted by Crippen LogP contribution is -2.47. The summed E-state index contributed by atoms with van der Waals surface area (Å²) in [5.74, 6) is -6.37. The van der Waals surface area contributed by atoms with Crippen molar-refractivity contribution in [1.82, 2.24) is 19.7 Å². The smallest absolute Gasteiger partial charge is 0.268 e. The summed E-state index contributed by atoms with van der Waals surface area (Å²) < 4.78 is 56.6. The van der Waals surface area contributed by atoms with Crippen LogP contribution in [0.5, 0.6) is 0 Å². The second kappa shape index (κ2) is 7.38. The van der Waals surface area contributed by atoms with Crippen LogP contribution >= 0.6 is 0 Å². The van der Waals surface area contributed by atoms with Gasteiger partial charge in [-0.2, -0.15) is 5.10 Å². The fraction of sp³-hybridized carbons (Fsp3) is 0.478. The Balaban J connectivity index is 1.64. The van der Waals surface area contributed by atoms with E-state index < -0.39 is 28.6 Å². The van der Waals surface area contributed by atoms with Crippen LogP contribution in [0.3, 0.4) is 0 Å². The first-order valence-electron chi connectivity index (χ1n) is 11.1. The predicted octanol–water partition coefficient (Wildman–Crippen LogP) is 4.32. The van der Waals surface area contributed by atoms with Crippen LogP contribution in [0, 0.1) is 0 Å². The Morgan fingerprint density at radius 3 is 2.44 bits per heavy atom. The van der Waals surface area contributed by atoms with E-state index in [0.29, 0.717) is 22.6 Å². The van der Waals surface area contributed by atoms with E-state index in [1.54, 1.807) is 17.7 Å². The quantitative estimate of drug-likeness (QED) is 0.546. The first-order valence-corrected chi connectivity index (χ1v) is 11.1. The Kier molecular flexibility index (Phi) is 4.89. The zero-order valence-corrected chi connectivity index (χ0v) is 18.4. The highest BCUT2D eigenvalue weighted by molar-refractivity contribution is 6.03. The van der Waals surface area contributed by atoms with Crippen molar-refractivity contribution in [2.45, 2.75) is 68.8 Å². The summed E-state index contributed by atoms with van der Waals surface area (Å²) in [6.07, 6.45) is 0.351. The maximum atomic E-state index is 13.8. The second-order valence-corrected chi connectivity index (χ2v) is 9.71. The molecule has 0 radical (unpaired) electrons. The van der Waals surface area contributed by atoms with Crippen LogP contribution in [0.15, 0.2) is 29.2 Å². The molecule has 1 amide bonds. The van der Waals surface area contributed by atoms with Crippen LogP contribution in [0.4, 0.5) is 17.6 Å². The van der Waals surface area contributed by atoms with Gasteiger partial charge in [0.2, 0.25) is 11.8 Å². The van der Waals surface area contributed by atoms with Gasteiger partial charge < -0.3 is 10.7 Å². The van der Waals surface area contributed by atoms with Crippen LogP contribution < -0.4 is 11.2 Å². The lowest BCUT2D eigenvalue weighted by molar-refractivity contribution is -0.122. The van der Waals surface area contributed by atoms with E-state index >= 15 is 0 Å². The van der Waals surface area contributed by atoms with E-state index in [-0.39, 0.29) is 55.6 Å². The summed E-state index contributed by atoms with van der Waals surface area (Å²) in [6.45, 7) is 1.70. The number of aromatic nitrogens is 4. The molecule has 11 heteroatoms. The molecule has 0 bridgehead atoms. The highest BCUT2D eigenvalue weighted by Gasteiger charge is 2.56. The SMILES string of the molecule is CC1(c2cc(-c3cc(=O)c4c(C(N)=O)nccc4[nH]3)n(C3CCC(F)(F)CC3)n2)CC(F)(F)C1. The van der Waals surface area contributed by atoms with Crippen molar-refractivity contribution in [3.8, 4) is 11.4 Å². The van der Waals surface area contributed by atoms with Crippen LogP contribution in [-0.2, 0) is 5.41 Å². The van der Waals surface area contributed by atoms with Gasteiger partial charge in [0.25, 0.3) is 5.91 Å². The molecular weight excluding hydrogens is 454 g/mol. The number of carbonyl (C=O) groups is 1. The van der Waals surface area contributed by atoms with Gasteiger partial charge in [-0.05, 0) is 25.0 Å². The zero-order chi connectivity index (χ0) is 24.5. The minimum atomic E-state index is -2.78. The van der Waals surface area contributed by atoms with E-state index in [0.717, 1.165) is 0 Å². The van der Waals surface area contributed by atoms with Gasteiger partial charge in [0.05, 0.1) is 34.0 Å². The third kappa shape index (κ3) is 3.76. The number of hydrogen-bond donors (Lipinski definition) is 2. The van der Waals surface area contributed by atoms with Crippen LogP contribution in [0.2, 0.25) is 0 Å². The number of amides is 1. The topological polar surface area (TPSA) is 107 Å². The first kappa shape index (κ1) is 22.5. The minimum absolute atomic E-state index is 0.0351. The van der Waals surface area contributed by atoms with Gasteiger partial charge in [0.1, 0.15) is 5.69 Å². The van der Waals surface area contributed by atoms with Gasteiger partial charge in [-0.25, -0.2) is 17.6 Å². The lowest BCUT2D eigenvalue weighted by atomic mass is 9.65. The molecule has 5 rings (SSSR count). The average Bonchev–Trinajstić information content (AvgIpc) is 3.18. The van der Waals surface area contributed by atoms with Gasteiger partial charge in [-0.3, -0.25) is 19.3 Å². The third-order valence-electron chi connectivity index (χ3n) is 6.94. The number of nitrogens with one attached hydrogen (secondary N) is 1. The van der Waals surface area contributed by atoms with Crippen molar-refractivity contribution < 1.29 is 22.4 Å². The molecule has 0 unspecified atom stereocenters. The molecule has 3 N–H and O–H groups in total. The normalized spacial score (nSPS) is 21.3. The summed E-state index contributed by atoms with van der Waals surface area (Å²) in [7, 11) is 0. The summed E-state index contributed by atoms with van der Waals surface area (Å²) in [4.78, 5) is 31.6. The van der Waals surface area contributed by atoms with E-state index in [1.165, 1.54) is 18.3 Å². The number of aromatic amines is 1. The van der Waals surface area contributed by atoms with Crippen molar-refractivity contribution in [3.63, 3.8) is 0 Å². The van der Waals surface area contributed by atoms with Gasteiger partial charge in [-0.1, -0.05) is 6.92 Å². The second-order valence-electron chi connectivity index (χ2n) is 9.71. The molecule has 3 aromatic heterocycles. The maximum absolute atomic E-state index is 13.8. The number of H-pyrrole nitrogens is 1. The van der Waals surface area contributed by atoms with Crippen molar-refractivity contribution in [2.75, 3.05) is 0 Å². The molecule has 2 aliphatic rings. The molecule has 3 heterocycles. The fourth-order valence-corrected chi connectivity index (χ4v) is 5.23. The molecule has 7 nitrogen and oxygen atoms in total. The maximum Gasteiger partial charge on any atom is 0.268 e. The number of fused-ring (bicyclic) bond motifs is 1. The van der Waals surface area contributed by atoms with Gasteiger partial charge in [0.15, 0.2) is 5.43 Å². The first-order chi connectivity index (χ1) is 15.9. The average molecular weight is 477 g/mol. The number of pyridine rings is 2. The Bertz CT molecular complexity index is 1350. The zero-order valence-electron chi connectivity index (χ0n) is 18.4. The number of nitrogens with two attached hydrogens (primary N) is 1. The van der Waals surface area contributed by atoms with Crippen molar-refractivity contribution >= 4 is 16.8 Å². The fourth-order valence-electron chi connectivity index (χ4n) is 5.23.